The first-order valence-corrected chi connectivity index (χ1v) is 16.2. The molecule has 4 aromatic rings. The summed E-state index contributed by atoms with van der Waals surface area (Å²) in [5.41, 5.74) is 5.88. The maximum absolute atomic E-state index is 14.0. The lowest BCUT2D eigenvalue weighted by Crippen LogP contribution is -2.36. The molecule has 1 aromatic heterocycles. The summed E-state index contributed by atoms with van der Waals surface area (Å²) in [6.07, 6.45) is 0.0807. The average Bonchev–Trinajstić information content (AvgIpc) is 3.72. The molecule has 2 heterocycles. The Balaban J connectivity index is 1.16. The Morgan fingerprint density at radius 2 is 1.74 bits per heavy atom. The number of alkyl halides is 3. The normalized spacial score (nSPS) is 16.3. The Kier molecular flexibility index (Phi) is 9.35. The number of nitrogens with zero attached hydrogens (tertiary/aromatic N) is 5. The summed E-state index contributed by atoms with van der Waals surface area (Å²) in [4.78, 5) is 24.1. The number of aliphatic imine (C=N–C) groups is 1. The van der Waals surface area contributed by atoms with E-state index in [1.807, 2.05) is 43.0 Å². The Bertz CT molecular complexity index is 1820. The molecule has 6 rings (SSSR count). The molecule has 47 heavy (non-hydrogen) atoms. The van der Waals surface area contributed by atoms with Crippen LogP contribution in [0.15, 0.2) is 83.7 Å². The van der Waals surface area contributed by atoms with Gasteiger partial charge < -0.3 is 15.0 Å². The number of amides is 2. The molecule has 0 spiro atoms. The van der Waals surface area contributed by atoms with Gasteiger partial charge in [0.05, 0.1) is 5.69 Å². The van der Waals surface area contributed by atoms with E-state index < -0.39 is 12.4 Å². The number of urea groups is 1. The van der Waals surface area contributed by atoms with E-state index in [0.29, 0.717) is 23.2 Å². The molecule has 8 nitrogen and oxygen atoms in total. The molecular weight excluding hydrogens is 632 g/mol. The van der Waals surface area contributed by atoms with Gasteiger partial charge in [0.1, 0.15) is 17.9 Å². The molecule has 2 amide bonds. The second-order valence-corrected chi connectivity index (χ2v) is 12.5. The molecule has 0 bridgehead atoms. The highest BCUT2D eigenvalue weighted by molar-refractivity contribution is 8.14. The second-order valence-electron chi connectivity index (χ2n) is 11.5. The average molecular weight is 665 g/mol. The smallest absolute Gasteiger partial charge is 0.406 e. The monoisotopic (exact) mass is 664 g/mol. The molecule has 13 heteroatoms. The van der Waals surface area contributed by atoms with Crippen molar-refractivity contribution >= 4 is 34.2 Å². The van der Waals surface area contributed by atoms with Gasteiger partial charge in [-0.25, -0.2) is 18.9 Å². The molecule has 244 valence electrons. The van der Waals surface area contributed by atoms with Crippen molar-refractivity contribution in [2.24, 2.45) is 4.99 Å². The predicted molar refractivity (Wildman–Crippen MR) is 175 cm³/mol. The Morgan fingerprint density at radius 3 is 2.47 bits per heavy atom. The van der Waals surface area contributed by atoms with E-state index in [-0.39, 0.29) is 17.5 Å². The van der Waals surface area contributed by atoms with E-state index in [2.05, 4.69) is 25.1 Å². The maximum atomic E-state index is 14.0. The minimum Gasteiger partial charge on any atom is -0.406 e. The van der Waals surface area contributed by atoms with E-state index in [0.717, 1.165) is 65.1 Å². The minimum absolute atomic E-state index is 0.106. The first-order valence-electron chi connectivity index (χ1n) is 15.2. The molecule has 1 fully saturated rings. The van der Waals surface area contributed by atoms with Gasteiger partial charge in [-0.15, -0.1) is 18.3 Å². The molecule has 0 radical (unpaired) electrons. The zero-order valence-corrected chi connectivity index (χ0v) is 26.5. The predicted octanol–water partition coefficient (Wildman–Crippen LogP) is 8.70. The first kappa shape index (κ1) is 32.3. The standard InChI is InChI=1S/C34H32F4N6O2S/c1-21(2)28-19-24(35)11-16-30(28)43-17-4-18-47-33(43)41-32(45)40-29-6-3-5-27(29)22-7-9-23(10-8-22)31-39-20-44(42-31)25-12-14-26(15-13-25)46-34(36,37)38/h7-16,19-21H,3-6,17-18H2,1-2H3,(H,40,45). The van der Waals surface area contributed by atoms with Gasteiger partial charge in [0, 0.05) is 29.2 Å². The number of nitrogens with one attached hydrogen (secondary N) is 1. The highest BCUT2D eigenvalue weighted by Crippen LogP contribution is 2.35. The molecule has 1 N–H and O–H groups in total. The van der Waals surface area contributed by atoms with Crippen LogP contribution in [0.4, 0.5) is 28.0 Å². The van der Waals surface area contributed by atoms with Gasteiger partial charge in [-0.3, -0.25) is 0 Å². The fourth-order valence-electron chi connectivity index (χ4n) is 5.69. The highest BCUT2D eigenvalue weighted by Gasteiger charge is 2.31. The first-order chi connectivity index (χ1) is 22.5. The van der Waals surface area contributed by atoms with Crippen molar-refractivity contribution in [2.75, 3.05) is 17.2 Å². The maximum Gasteiger partial charge on any atom is 0.573 e. The van der Waals surface area contributed by atoms with E-state index in [1.54, 1.807) is 12.1 Å². The molecule has 0 unspecified atom stereocenters. The Hall–Kier alpha value is -4.65. The van der Waals surface area contributed by atoms with E-state index in [4.69, 9.17) is 0 Å². The molecule has 1 aliphatic carbocycles. The molecule has 0 atom stereocenters. The molecular formula is C34H32F4N6O2S. The van der Waals surface area contributed by atoms with Crippen LogP contribution in [0.5, 0.6) is 5.75 Å². The van der Waals surface area contributed by atoms with Crippen molar-refractivity contribution in [3.63, 3.8) is 0 Å². The molecule has 3 aromatic carbocycles. The van der Waals surface area contributed by atoms with E-state index in [9.17, 15) is 22.4 Å². The quantitative estimate of drug-likeness (QED) is 0.199. The third-order valence-electron chi connectivity index (χ3n) is 7.88. The molecule has 2 aliphatic rings. The van der Waals surface area contributed by atoms with Gasteiger partial charge in [-0.1, -0.05) is 49.9 Å². The summed E-state index contributed by atoms with van der Waals surface area (Å²) in [6.45, 7) is 4.73. The number of thioether (sulfide) groups is 1. The number of allylic oxidation sites excluding steroid dienone is 2. The third-order valence-corrected chi connectivity index (χ3v) is 8.94. The zero-order valence-electron chi connectivity index (χ0n) is 25.7. The number of ether oxygens (including phenoxy) is 1. The van der Waals surface area contributed by atoms with Gasteiger partial charge in [0.2, 0.25) is 0 Å². The molecule has 1 saturated heterocycles. The van der Waals surface area contributed by atoms with Crippen molar-refractivity contribution in [1.82, 2.24) is 20.1 Å². The zero-order chi connectivity index (χ0) is 33.1. The number of rotatable bonds is 7. The topological polar surface area (TPSA) is 84.6 Å². The van der Waals surface area contributed by atoms with Gasteiger partial charge in [0.15, 0.2) is 11.0 Å². The van der Waals surface area contributed by atoms with E-state index >= 15 is 0 Å². The van der Waals surface area contributed by atoms with Gasteiger partial charge in [-0.05, 0) is 90.8 Å². The van der Waals surface area contributed by atoms with Gasteiger partial charge in [-0.2, -0.15) is 4.99 Å². The number of hydrogen-bond acceptors (Lipinski definition) is 5. The van der Waals surface area contributed by atoms with Crippen LogP contribution in [0.3, 0.4) is 0 Å². The largest absolute Gasteiger partial charge is 0.573 e. The SMILES string of the molecule is CC(C)c1cc(F)ccc1N1CCCSC1=NC(=O)NC1=C(c2ccc(-c3ncn(-c4ccc(OC(F)(F)F)cc4)n3)cc2)CCC1. The van der Waals surface area contributed by atoms with E-state index in [1.165, 1.54) is 53.1 Å². The third kappa shape index (κ3) is 7.67. The number of benzene rings is 3. The summed E-state index contributed by atoms with van der Waals surface area (Å²) in [5, 5.41) is 8.11. The van der Waals surface area contributed by atoms with Crippen molar-refractivity contribution in [1.29, 1.82) is 0 Å². The number of halogens is 4. The van der Waals surface area contributed by atoms with Gasteiger partial charge >= 0.3 is 12.4 Å². The highest BCUT2D eigenvalue weighted by atomic mass is 32.2. The second kappa shape index (κ2) is 13.6. The summed E-state index contributed by atoms with van der Waals surface area (Å²) in [6, 6.07) is 17.4. The van der Waals surface area contributed by atoms with Gasteiger partial charge in [0.25, 0.3) is 0 Å². The minimum atomic E-state index is -4.76. The van der Waals surface area contributed by atoms with Crippen LogP contribution >= 0.6 is 11.8 Å². The number of hydrogen-bond donors (Lipinski definition) is 1. The van der Waals surface area contributed by atoms with Crippen LogP contribution in [0.2, 0.25) is 0 Å². The van der Waals surface area contributed by atoms with Crippen molar-refractivity contribution in [2.45, 2.75) is 51.8 Å². The fraction of sp³-hybridized carbons (Fsp3) is 0.294. The number of aromatic nitrogens is 3. The summed E-state index contributed by atoms with van der Waals surface area (Å²) in [5.74, 6) is 0.798. The van der Waals surface area contributed by atoms with Crippen molar-refractivity contribution in [3.8, 4) is 22.8 Å². The van der Waals surface area contributed by atoms with Crippen LogP contribution in [0.25, 0.3) is 22.6 Å². The fourth-order valence-corrected chi connectivity index (χ4v) is 6.64. The van der Waals surface area contributed by atoms with Crippen LogP contribution in [-0.2, 0) is 0 Å². The summed E-state index contributed by atoms with van der Waals surface area (Å²) < 4.78 is 56.8. The Morgan fingerprint density at radius 1 is 1.00 bits per heavy atom. The molecule has 0 saturated carbocycles. The lowest BCUT2D eigenvalue weighted by atomic mass is 10.00. The Labute approximate surface area is 273 Å². The number of carbonyl (C=O) groups excluding carboxylic acids is 1. The number of amidine groups is 1. The summed E-state index contributed by atoms with van der Waals surface area (Å²) >= 11 is 1.52. The molecule has 1 aliphatic heterocycles. The summed E-state index contributed by atoms with van der Waals surface area (Å²) in [7, 11) is 0. The van der Waals surface area contributed by atoms with Crippen LogP contribution in [0, 0.1) is 5.82 Å². The lowest BCUT2D eigenvalue weighted by Gasteiger charge is -2.32. The van der Waals surface area contributed by atoms with Crippen LogP contribution < -0.4 is 15.0 Å². The lowest BCUT2D eigenvalue weighted by molar-refractivity contribution is -0.274. The van der Waals surface area contributed by atoms with Crippen molar-refractivity contribution < 1.29 is 27.1 Å². The van der Waals surface area contributed by atoms with Crippen molar-refractivity contribution in [3.05, 3.63) is 95.7 Å². The van der Waals surface area contributed by atoms with Crippen LogP contribution in [0.1, 0.15) is 56.6 Å². The van der Waals surface area contributed by atoms with Crippen LogP contribution in [-0.4, -0.2) is 44.6 Å². The number of carbonyl (C=O) groups is 1. The number of anilines is 1.